The number of aryl methyl sites for hydroxylation is 1. The second-order valence-electron chi connectivity index (χ2n) is 4.70. The van der Waals surface area contributed by atoms with Crippen LogP contribution in [-0.2, 0) is 0 Å². The molecule has 0 saturated carbocycles. The van der Waals surface area contributed by atoms with Crippen molar-refractivity contribution in [2.75, 3.05) is 0 Å². The van der Waals surface area contributed by atoms with Gasteiger partial charge in [-0.05, 0) is 55.5 Å². The fraction of sp³-hybridized carbons (Fsp3) is 0.0588. The predicted octanol–water partition coefficient (Wildman–Crippen LogP) is 5.37. The van der Waals surface area contributed by atoms with E-state index >= 15 is 0 Å². The van der Waals surface area contributed by atoms with Crippen molar-refractivity contribution in [3.63, 3.8) is 0 Å². The lowest BCUT2D eigenvalue weighted by atomic mass is 10.4. The van der Waals surface area contributed by atoms with Crippen molar-refractivity contribution in [2.45, 2.75) is 26.8 Å². The highest BCUT2D eigenvalue weighted by Gasteiger charge is 2.06. The van der Waals surface area contributed by atoms with Gasteiger partial charge >= 0.3 is 0 Å². The number of rotatable bonds is 4. The summed E-state index contributed by atoms with van der Waals surface area (Å²) in [6, 6.07) is 14.4. The minimum absolute atomic E-state index is 0.263. The Morgan fingerprint density at radius 2 is 1.09 bits per heavy atom. The third kappa shape index (κ3) is 4.53. The van der Waals surface area contributed by atoms with Crippen molar-refractivity contribution >= 4 is 23.5 Å². The van der Waals surface area contributed by atoms with E-state index in [9.17, 15) is 8.78 Å². The maximum absolute atomic E-state index is 13.0. The summed E-state index contributed by atoms with van der Waals surface area (Å²) in [5, 5.41) is 1.57. The molecule has 0 spiro atoms. The van der Waals surface area contributed by atoms with Crippen LogP contribution in [0.25, 0.3) is 0 Å². The van der Waals surface area contributed by atoms with Gasteiger partial charge in [-0.15, -0.1) is 0 Å². The summed E-state index contributed by atoms with van der Waals surface area (Å²) in [5.41, 5.74) is 0. The molecule has 0 amide bonds. The van der Waals surface area contributed by atoms with Gasteiger partial charge in [0.2, 0.25) is 0 Å². The number of benzene rings is 2. The van der Waals surface area contributed by atoms with Crippen LogP contribution in [0.15, 0.2) is 74.4 Å². The summed E-state index contributed by atoms with van der Waals surface area (Å²) < 4.78 is 25.9. The van der Waals surface area contributed by atoms with E-state index < -0.39 is 0 Å². The Bertz CT molecular complexity index is 740. The molecule has 2 aromatic carbocycles. The number of nitrogens with zero attached hydrogens (tertiary/aromatic N) is 2. The van der Waals surface area contributed by atoms with Crippen LogP contribution < -0.4 is 0 Å². The molecule has 0 aliphatic heterocycles. The summed E-state index contributed by atoms with van der Waals surface area (Å²) in [6.45, 7) is 1.82. The number of hydrogen-bond acceptors (Lipinski definition) is 4. The van der Waals surface area contributed by atoms with Crippen LogP contribution in [0.2, 0.25) is 0 Å². The Hall–Kier alpha value is -1.92. The topological polar surface area (TPSA) is 25.8 Å². The zero-order chi connectivity index (χ0) is 16.2. The summed E-state index contributed by atoms with van der Waals surface area (Å²) in [6.07, 6.45) is 0. The summed E-state index contributed by atoms with van der Waals surface area (Å²) >= 11 is 2.89. The summed E-state index contributed by atoms with van der Waals surface area (Å²) in [5.74, 6) is 0.128. The molecule has 0 fully saturated rings. The molecule has 1 aromatic heterocycles. The maximum Gasteiger partial charge on any atom is 0.127 e. The third-order valence-corrected chi connectivity index (χ3v) is 4.72. The van der Waals surface area contributed by atoms with Crippen LogP contribution in [0.1, 0.15) is 5.82 Å². The lowest BCUT2D eigenvalue weighted by Gasteiger charge is -2.06. The van der Waals surface area contributed by atoms with E-state index in [0.717, 1.165) is 19.8 Å². The first kappa shape index (κ1) is 16.0. The first-order valence-corrected chi connectivity index (χ1v) is 8.44. The van der Waals surface area contributed by atoms with E-state index in [0.29, 0.717) is 5.82 Å². The molecule has 0 radical (unpaired) electrons. The molecule has 116 valence electrons. The molecular weight excluding hydrogens is 334 g/mol. The molecule has 0 aliphatic carbocycles. The number of hydrogen-bond donors (Lipinski definition) is 0. The normalized spacial score (nSPS) is 10.7. The Kier molecular flexibility index (Phi) is 4.93. The van der Waals surface area contributed by atoms with Crippen molar-refractivity contribution in [3.05, 3.63) is 72.1 Å². The molecule has 0 saturated heterocycles. The Labute approximate surface area is 141 Å². The first-order valence-electron chi connectivity index (χ1n) is 6.81. The smallest absolute Gasteiger partial charge is 0.127 e. The molecule has 0 N–H and O–H groups in total. The number of aromatic nitrogens is 2. The molecule has 0 unspecified atom stereocenters. The van der Waals surface area contributed by atoms with Crippen LogP contribution in [0, 0.1) is 18.6 Å². The Balaban J connectivity index is 1.81. The summed E-state index contributed by atoms with van der Waals surface area (Å²) in [4.78, 5) is 10.6. The highest BCUT2D eigenvalue weighted by Crippen LogP contribution is 2.31. The number of halogens is 2. The van der Waals surface area contributed by atoms with Gasteiger partial charge in [0.1, 0.15) is 27.5 Å². The SMILES string of the molecule is Cc1nc(Sc2ccc(F)cc2)cc(Sc2ccc(F)cc2)n1. The van der Waals surface area contributed by atoms with Gasteiger partial charge in [-0.1, -0.05) is 23.5 Å². The third-order valence-electron chi connectivity index (χ3n) is 2.86. The fourth-order valence-electron chi connectivity index (χ4n) is 1.87. The monoisotopic (exact) mass is 346 g/mol. The lowest BCUT2D eigenvalue weighted by molar-refractivity contribution is 0.626. The fourth-order valence-corrected chi connectivity index (χ4v) is 3.66. The van der Waals surface area contributed by atoms with Crippen molar-refractivity contribution in [2.24, 2.45) is 0 Å². The first-order chi connectivity index (χ1) is 11.1. The molecular formula is C17H12F2N2S2. The van der Waals surface area contributed by atoms with Crippen LogP contribution in [0.4, 0.5) is 8.78 Å². The molecule has 0 aliphatic rings. The standard InChI is InChI=1S/C17H12F2N2S2/c1-11-20-16(22-14-6-2-12(18)3-7-14)10-17(21-11)23-15-8-4-13(19)5-9-15/h2-10H,1H3. The highest BCUT2D eigenvalue weighted by molar-refractivity contribution is 8.00. The van der Waals surface area contributed by atoms with Gasteiger partial charge in [0.25, 0.3) is 0 Å². The van der Waals surface area contributed by atoms with Crippen molar-refractivity contribution in [1.29, 1.82) is 0 Å². The predicted molar refractivity (Wildman–Crippen MR) is 87.8 cm³/mol. The molecule has 23 heavy (non-hydrogen) atoms. The van der Waals surface area contributed by atoms with Gasteiger partial charge in [-0.25, -0.2) is 18.7 Å². The van der Waals surface area contributed by atoms with Crippen molar-refractivity contribution in [1.82, 2.24) is 9.97 Å². The van der Waals surface area contributed by atoms with Crippen LogP contribution in [0.3, 0.4) is 0 Å². The van der Waals surface area contributed by atoms with Gasteiger partial charge in [-0.3, -0.25) is 0 Å². The van der Waals surface area contributed by atoms with E-state index in [1.807, 2.05) is 13.0 Å². The molecule has 3 rings (SSSR count). The Morgan fingerprint density at radius 1 is 0.696 bits per heavy atom. The summed E-state index contributed by atoms with van der Waals surface area (Å²) in [7, 11) is 0. The molecule has 0 atom stereocenters. The minimum Gasteiger partial charge on any atom is -0.226 e. The van der Waals surface area contributed by atoms with E-state index in [1.165, 1.54) is 47.8 Å². The van der Waals surface area contributed by atoms with Crippen molar-refractivity contribution in [3.8, 4) is 0 Å². The lowest BCUT2D eigenvalue weighted by Crippen LogP contribution is -1.92. The zero-order valence-electron chi connectivity index (χ0n) is 12.2. The van der Waals surface area contributed by atoms with Crippen LogP contribution in [0.5, 0.6) is 0 Å². The van der Waals surface area contributed by atoms with Gasteiger partial charge in [-0.2, -0.15) is 0 Å². The maximum atomic E-state index is 13.0. The van der Waals surface area contributed by atoms with Gasteiger partial charge in [0.05, 0.1) is 0 Å². The van der Waals surface area contributed by atoms with Gasteiger partial charge in [0.15, 0.2) is 0 Å². The van der Waals surface area contributed by atoms with Gasteiger partial charge in [0, 0.05) is 15.9 Å². The van der Waals surface area contributed by atoms with Crippen LogP contribution in [-0.4, -0.2) is 9.97 Å². The average Bonchev–Trinajstić information content (AvgIpc) is 2.51. The largest absolute Gasteiger partial charge is 0.226 e. The highest BCUT2D eigenvalue weighted by atomic mass is 32.2. The molecule has 0 bridgehead atoms. The second-order valence-corrected chi connectivity index (χ2v) is 6.89. The molecule has 3 aromatic rings. The van der Waals surface area contributed by atoms with Crippen molar-refractivity contribution < 1.29 is 8.78 Å². The molecule has 6 heteroatoms. The van der Waals surface area contributed by atoms with Crippen LogP contribution >= 0.6 is 23.5 Å². The quantitative estimate of drug-likeness (QED) is 0.594. The second kappa shape index (κ2) is 7.10. The minimum atomic E-state index is -0.263. The average molecular weight is 346 g/mol. The van der Waals surface area contributed by atoms with Gasteiger partial charge < -0.3 is 0 Å². The zero-order valence-corrected chi connectivity index (χ0v) is 13.8. The Morgan fingerprint density at radius 3 is 1.48 bits per heavy atom. The van der Waals surface area contributed by atoms with E-state index in [2.05, 4.69) is 9.97 Å². The molecule has 1 heterocycles. The van der Waals surface area contributed by atoms with E-state index in [-0.39, 0.29) is 11.6 Å². The van der Waals surface area contributed by atoms with E-state index in [1.54, 1.807) is 24.3 Å². The molecule has 2 nitrogen and oxygen atoms in total. The van der Waals surface area contributed by atoms with E-state index in [4.69, 9.17) is 0 Å².